The Morgan fingerprint density at radius 3 is 2.76 bits per heavy atom. The van der Waals surface area contributed by atoms with Gasteiger partial charge in [-0.25, -0.2) is 13.1 Å². The highest BCUT2D eigenvalue weighted by Gasteiger charge is 2.14. The molecule has 0 aromatic heterocycles. The van der Waals surface area contributed by atoms with Gasteiger partial charge in [-0.05, 0) is 41.1 Å². The van der Waals surface area contributed by atoms with E-state index in [0.29, 0.717) is 23.4 Å². The highest BCUT2D eigenvalue weighted by atomic mass is 79.9. The van der Waals surface area contributed by atoms with Gasteiger partial charge in [-0.3, -0.25) is 0 Å². The van der Waals surface area contributed by atoms with Gasteiger partial charge >= 0.3 is 0 Å². The predicted molar refractivity (Wildman–Crippen MR) is 70.2 cm³/mol. The van der Waals surface area contributed by atoms with Gasteiger partial charge in [0.2, 0.25) is 10.0 Å². The summed E-state index contributed by atoms with van der Waals surface area (Å²) < 4.78 is 31.7. The Balaban J connectivity index is 2.72. The average Bonchev–Trinajstić information content (AvgIpc) is 2.28. The fraction of sp³-hybridized carbons (Fsp3) is 0.400. The van der Waals surface area contributed by atoms with Gasteiger partial charge in [0.15, 0.2) is 0 Å². The lowest BCUT2D eigenvalue weighted by atomic mass is 10.3. The van der Waals surface area contributed by atoms with Gasteiger partial charge in [0.05, 0.1) is 11.5 Å². The molecule has 0 atom stereocenters. The molecule has 7 heteroatoms. The van der Waals surface area contributed by atoms with Crippen molar-refractivity contribution in [1.82, 2.24) is 4.72 Å². The van der Waals surface area contributed by atoms with Crippen LogP contribution in [-0.4, -0.2) is 28.2 Å². The van der Waals surface area contributed by atoms with Gasteiger partial charge in [0, 0.05) is 23.3 Å². The van der Waals surface area contributed by atoms with E-state index in [2.05, 4.69) is 20.7 Å². The van der Waals surface area contributed by atoms with Crippen molar-refractivity contribution >= 4 is 31.6 Å². The lowest BCUT2D eigenvalue weighted by molar-refractivity contribution is 0.153. The molecule has 0 aliphatic heterocycles. The van der Waals surface area contributed by atoms with Crippen LogP contribution < -0.4 is 10.5 Å². The van der Waals surface area contributed by atoms with Gasteiger partial charge in [-0.1, -0.05) is 0 Å². The zero-order valence-electron chi connectivity index (χ0n) is 9.44. The third-order valence-electron chi connectivity index (χ3n) is 2.02. The molecule has 0 saturated heterocycles. The minimum atomic E-state index is -3.50. The molecule has 17 heavy (non-hydrogen) atoms. The quantitative estimate of drug-likeness (QED) is 0.611. The zero-order chi connectivity index (χ0) is 12.9. The van der Waals surface area contributed by atoms with Crippen LogP contribution in [-0.2, 0) is 14.8 Å². The molecule has 0 unspecified atom stereocenters. The molecule has 0 aliphatic carbocycles. The lowest BCUT2D eigenvalue weighted by Crippen LogP contribution is -2.27. The number of nitrogen functional groups attached to an aromatic ring is 1. The summed E-state index contributed by atoms with van der Waals surface area (Å²) in [5, 5.41) is 0. The van der Waals surface area contributed by atoms with E-state index in [0.717, 1.165) is 0 Å². The normalized spacial score (nSPS) is 11.6. The Kier molecular flexibility index (Phi) is 5.38. The number of halogens is 1. The van der Waals surface area contributed by atoms with Gasteiger partial charge in [0.1, 0.15) is 0 Å². The van der Waals surface area contributed by atoms with Crippen molar-refractivity contribution < 1.29 is 13.2 Å². The van der Waals surface area contributed by atoms with Crippen molar-refractivity contribution in [2.75, 3.05) is 25.5 Å². The summed E-state index contributed by atoms with van der Waals surface area (Å²) in [7, 11) is -3.50. The number of nitrogens with one attached hydrogen (secondary N) is 1. The molecule has 0 amide bonds. The SMILES string of the molecule is CCOCCNS(=O)(=O)c1ccc(N)c(Br)c1. The number of benzene rings is 1. The first-order valence-corrected chi connectivity index (χ1v) is 7.37. The van der Waals surface area contributed by atoms with Crippen molar-refractivity contribution in [2.45, 2.75) is 11.8 Å². The van der Waals surface area contributed by atoms with Crippen LogP contribution >= 0.6 is 15.9 Å². The van der Waals surface area contributed by atoms with Gasteiger partial charge in [0.25, 0.3) is 0 Å². The van der Waals surface area contributed by atoms with Gasteiger partial charge in [-0.15, -0.1) is 0 Å². The molecule has 0 bridgehead atoms. The smallest absolute Gasteiger partial charge is 0.240 e. The summed E-state index contributed by atoms with van der Waals surface area (Å²) >= 11 is 3.19. The molecular weight excluding hydrogens is 308 g/mol. The Morgan fingerprint density at radius 2 is 2.18 bits per heavy atom. The molecule has 96 valence electrons. The van der Waals surface area contributed by atoms with E-state index < -0.39 is 10.0 Å². The van der Waals surface area contributed by atoms with E-state index in [1.165, 1.54) is 12.1 Å². The van der Waals surface area contributed by atoms with Crippen LogP contribution in [0.3, 0.4) is 0 Å². The minimum Gasteiger partial charge on any atom is -0.398 e. The maximum absolute atomic E-state index is 11.8. The maximum Gasteiger partial charge on any atom is 0.240 e. The van der Waals surface area contributed by atoms with E-state index in [4.69, 9.17) is 10.5 Å². The number of sulfonamides is 1. The van der Waals surface area contributed by atoms with Crippen LogP contribution in [0, 0.1) is 0 Å². The summed E-state index contributed by atoms with van der Waals surface area (Å²) in [5.74, 6) is 0. The predicted octanol–water partition coefficient (Wildman–Crippen LogP) is 1.35. The molecule has 0 heterocycles. The molecule has 0 fully saturated rings. The largest absolute Gasteiger partial charge is 0.398 e. The molecule has 3 N–H and O–H groups in total. The van der Waals surface area contributed by atoms with Crippen LogP contribution in [0.25, 0.3) is 0 Å². The monoisotopic (exact) mass is 322 g/mol. The van der Waals surface area contributed by atoms with Crippen LogP contribution in [0.5, 0.6) is 0 Å². The van der Waals surface area contributed by atoms with E-state index >= 15 is 0 Å². The molecule has 0 radical (unpaired) electrons. The fourth-order valence-electron chi connectivity index (χ4n) is 1.15. The highest BCUT2D eigenvalue weighted by Crippen LogP contribution is 2.22. The van der Waals surface area contributed by atoms with E-state index in [1.807, 2.05) is 6.92 Å². The number of hydrogen-bond acceptors (Lipinski definition) is 4. The standard InChI is InChI=1S/C10H15BrN2O3S/c1-2-16-6-5-13-17(14,15)8-3-4-10(12)9(11)7-8/h3-4,7,13H,2,5-6,12H2,1H3. The number of rotatable bonds is 6. The highest BCUT2D eigenvalue weighted by molar-refractivity contribution is 9.10. The molecule has 5 nitrogen and oxygen atoms in total. The Labute approximate surface area is 110 Å². The van der Waals surface area contributed by atoms with E-state index in [-0.39, 0.29) is 11.4 Å². The van der Waals surface area contributed by atoms with Gasteiger partial charge in [-0.2, -0.15) is 0 Å². The number of anilines is 1. The number of ether oxygens (including phenoxy) is 1. The Hall–Kier alpha value is -0.630. The maximum atomic E-state index is 11.8. The molecule has 0 spiro atoms. The summed E-state index contributed by atoms with van der Waals surface area (Å²) in [4.78, 5) is 0.176. The molecular formula is C10H15BrN2O3S. The molecule has 1 aromatic carbocycles. The minimum absolute atomic E-state index is 0.176. The van der Waals surface area contributed by atoms with Crippen LogP contribution in [0.1, 0.15) is 6.92 Å². The van der Waals surface area contributed by atoms with Gasteiger partial charge < -0.3 is 10.5 Å². The van der Waals surface area contributed by atoms with E-state index in [9.17, 15) is 8.42 Å². The summed E-state index contributed by atoms with van der Waals surface area (Å²) in [6.45, 7) is 3.02. The third kappa shape index (κ3) is 4.27. The fourth-order valence-corrected chi connectivity index (χ4v) is 2.72. The zero-order valence-corrected chi connectivity index (χ0v) is 11.8. The molecule has 1 rings (SSSR count). The third-order valence-corrected chi connectivity index (χ3v) is 4.17. The summed E-state index contributed by atoms with van der Waals surface area (Å²) in [6.07, 6.45) is 0. The topological polar surface area (TPSA) is 81.4 Å². The first-order chi connectivity index (χ1) is 7.97. The van der Waals surface area contributed by atoms with Crippen LogP contribution in [0.4, 0.5) is 5.69 Å². The lowest BCUT2D eigenvalue weighted by Gasteiger charge is -2.08. The van der Waals surface area contributed by atoms with E-state index in [1.54, 1.807) is 6.07 Å². The second-order valence-electron chi connectivity index (χ2n) is 3.28. The van der Waals surface area contributed by atoms with Crippen molar-refractivity contribution in [3.63, 3.8) is 0 Å². The van der Waals surface area contributed by atoms with Crippen molar-refractivity contribution in [2.24, 2.45) is 0 Å². The van der Waals surface area contributed by atoms with Crippen LogP contribution in [0.15, 0.2) is 27.6 Å². The first kappa shape index (κ1) is 14.4. The average molecular weight is 323 g/mol. The summed E-state index contributed by atoms with van der Waals surface area (Å²) in [6, 6.07) is 4.47. The number of nitrogens with two attached hydrogens (primary N) is 1. The molecule has 0 saturated carbocycles. The van der Waals surface area contributed by atoms with Crippen molar-refractivity contribution in [1.29, 1.82) is 0 Å². The molecule has 0 aliphatic rings. The second-order valence-corrected chi connectivity index (χ2v) is 5.90. The second kappa shape index (κ2) is 6.34. The Morgan fingerprint density at radius 1 is 1.47 bits per heavy atom. The van der Waals surface area contributed by atoms with Crippen molar-refractivity contribution in [3.05, 3.63) is 22.7 Å². The Bertz CT molecular complexity index is 476. The van der Waals surface area contributed by atoms with Crippen LogP contribution in [0.2, 0.25) is 0 Å². The number of hydrogen-bond donors (Lipinski definition) is 2. The molecule has 1 aromatic rings. The summed E-state index contributed by atoms with van der Waals surface area (Å²) in [5.41, 5.74) is 6.09. The first-order valence-electron chi connectivity index (χ1n) is 5.10. The van der Waals surface area contributed by atoms with Crippen molar-refractivity contribution in [3.8, 4) is 0 Å².